The first-order valence-electron chi connectivity index (χ1n) is 7.85. The van der Waals surface area contributed by atoms with E-state index in [-0.39, 0.29) is 10.8 Å². The van der Waals surface area contributed by atoms with Gasteiger partial charge in [0.1, 0.15) is 16.9 Å². The first kappa shape index (κ1) is 16.7. The van der Waals surface area contributed by atoms with Crippen LogP contribution in [0.3, 0.4) is 0 Å². The number of para-hydroxylation sites is 1. The molecule has 3 aromatic rings. The summed E-state index contributed by atoms with van der Waals surface area (Å²) in [4.78, 5) is 29.2. The lowest BCUT2D eigenvalue weighted by Gasteiger charge is -2.15. The third-order valence-corrected chi connectivity index (χ3v) is 5.23. The lowest BCUT2D eigenvalue weighted by Crippen LogP contribution is -2.24. The maximum atomic E-state index is 14.4. The van der Waals surface area contributed by atoms with Crippen molar-refractivity contribution in [3.05, 3.63) is 64.5 Å². The van der Waals surface area contributed by atoms with E-state index in [1.165, 1.54) is 6.07 Å². The molecule has 1 aliphatic heterocycles. The summed E-state index contributed by atoms with van der Waals surface area (Å²) in [5.41, 5.74) is -0.177. The molecule has 1 atom stereocenters. The van der Waals surface area contributed by atoms with Crippen molar-refractivity contribution < 1.29 is 18.3 Å². The second kappa shape index (κ2) is 6.53. The smallest absolute Gasteiger partial charge is 0.319 e. The molecule has 1 aliphatic rings. The van der Waals surface area contributed by atoms with Crippen LogP contribution >= 0.6 is 11.8 Å². The molecular weight excluding hydrogens is 362 g/mol. The second-order valence-electron chi connectivity index (χ2n) is 5.71. The Bertz CT molecular complexity index is 1080. The van der Waals surface area contributed by atoms with E-state index in [9.17, 15) is 18.4 Å². The number of aromatic nitrogens is 2. The van der Waals surface area contributed by atoms with Crippen molar-refractivity contribution in [1.29, 1.82) is 0 Å². The molecule has 0 radical (unpaired) electrons. The normalized spacial score (nSPS) is 16.8. The first-order valence-corrected chi connectivity index (χ1v) is 8.73. The summed E-state index contributed by atoms with van der Waals surface area (Å²) in [7, 11) is 0. The number of fused-ring (bicyclic) bond motifs is 1. The molecule has 0 aliphatic carbocycles. The van der Waals surface area contributed by atoms with Crippen LogP contribution in [0, 0.1) is 11.6 Å². The average molecular weight is 374 g/mol. The Morgan fingerprint density at radius 1 is 1.15 bits per heavy atom. The molecule has 0 amide bonds. The number of benzene rings is 2. The van der Waals surface area contributed by atoms with Gasteiger partial charge >= 0.3 is 5.97 Å². The van der Waals surface area contributed by atoms with Crippen LogP contribution in [-0.4, -0.2) is 27.4 Å². The quantitative estimate of drug-likeness (QED) is 0.521. The van der Waals surface area contributed by atoms with Crippen LogP contribution in [-0.2, 0) is 9.53 Å². The average Bonchev–Trinajstić information content (AvgIpc) is 3.01. The van der Waals surface area contributed by atoms with Crippen molar-refractivity contribution in [2.75, 3.05) is 6.61 Å². The standard InChI is InChI=1S/C18H12F2N2O3S/c19-10-5-6-14(12(20)9-10)22-16(23)11-3-1-2-4-13(11)21-18(22)26-15-7-8-25-17(15)24/h1-6,9,15H,7-8H2/t15-/m1/s1. The Morgan fingerprint density at radius 3 is 2.69 bits per heavy atom. The highest BCUT2D eigenvalue weighted by Gasteiger charge is 2.30. The van der Waals surface area contributed by atoms with Gasteiger partial charge in [0, 0.05) is 12.5 Å². The molecule has 0 unspecified atom stereocenters. The number of hydrogen-bond donors (Lipinski definition) is 0. The predicted octanol–water partition coefficient (Wildman–Crippen LogP) is 3.07. The zero-order valence-corrected chi connectivity index (χ0v) is 14.1. The molecule has 0 N–H and O–H groups in total. The molecule has 2 heterocycles. The van der Waals surface area contributed by atoms with Gasteiger partial charge in [0.25, 0.3) is 5.56 Å². The Hall–Kier alpha value is -2.74. The van der Waals surface area contributed by atoms with E-state index in [0.717, 1.165) is 22.4 Å². The van der Waals surface area contributed by atoms with Crippen LogP contribution in [0.5, 0.6) is 0 Å². The third-order valence-electron chi connectivity index (χ3n) is 4.03. The minimum atomic E-state index is -0.889. The summed E-state index contributed by atoms with van der Waals surface area (Å²) in [6.45, 7) is 0.291. The fourth-order valence-electron chi connectivity index (χ4n) is 2.78. The molecule has 132 valence electrons. The highest BCUT2D eigenvalue weighted by Crippen LogP contribution is 2.30. The number of halogens is 2. The van der Waals surface area contributed by atoms with E-state index in [2.05, 4.69) is 4.98 Å². The molecule has 5 nitrogen and oxygen atoms in total. The maximum Gasteiger partial charge on any atom is 0.319 e. The zero-order valence-electron chi connectivity index (χ0n) is 13.3. The monoisotopic (exact) mass is 374 g/mol. The van der Waals surface area contributed by atoms with Crippen LogP contribution in [0.25, 0.3) is 16.6 Å². The Morgan fingerprint density at radius 2 is 1.96 bits per heavy atom. The number of carbonyl (C=O) groups excluding carboxylic acids is 1. The summed E-state index contributed by atoms with van der Waals surface area (Å²) in [5.74, 6) is -2.04. The van der Waals surface area contributed by atoms with E-state index in [1.54, 1.807) is 24.3 Å². The summed E-state index contributed by atoms with van der Waals surface area (Å²) >= 11 is 1.04. The number of ether oxygens (including phenoxy) is 1. The molecular formula is C18H12F2N2O3S. The Labute approximate surface area is 150 Å². The lowest BCUT2D eigenvalue weighted by atomic mass is 10.2. The van der Waals surface area contributed by atoms with Crippen molar-refractivity contribution in [2.45, 2.75) is 16.8 Å². The number of hydrogen-bond acceptors (Lipinski definition) is 5. The van der Waals surface area contributed by atoms with E-state index < -0.39 is 28.4 Å². The van der Waals surface area contributed by atoms with Crippen LogP contribution < -0.4 is 5.56 Å². The van der Waals surface area contributed by atoms with Gasteiger partial charge < -0.3 is 4.74 Å². The van der Waals surface area contributed by atoms with Gasteiger partial charge in [-0.3, -0.25) is 14.2 Å². The van der Waals surface area contributed by atoms with Gasteiger partial charge in [0.2, 0.25) is 0 Å². The van der Waals surface area contributed by atoms with Crippen molar-refractivity contribution in [3.8, 4) is 5.69 Å². The molecule has 0 bridgehead atoms. The van der Waals surface area contributed by atoms with Crippen LogP contribution in [0.15, 0.2) is 52.4 Å². The number of cyclic esters (lactones) is 1. The van der Waals surface area contributed by atoms with Gasteiger partial charge in [-0.15, -0.1) is 0 Å². The van der Waals surface area contributed by atoms with E-state index >= 15 is 0 Å². The minimum Gasteiger partial charge on any atom is -0.465 e. The van der Waals surface area contributed by atoms with Crippen molar-refractivity contribution in [1.82, 2.24) is 9.55 Å². The fourth-order valence-corrected chi connectivity index (χ4v) is 3.85. The van der Waals surface area contributed by atoms with E-state index in [1.807, 2.05) is 0 Å². The van der Waals surface area contributed by atoms with Crippen LogP contribution in [0.2, 0.25) is 0 Å². The third kappa shape index (κ3) is 2.86. The van der Waals surface area contributed by atoms with Crippen molar-refractivity contribution in [3.63, 3.8) is 0 Å². The fraction of sp³-hybridized carbons (Fsp3) is 0.167. The Balaban J connectivity index is 1.96. The second-order valence-corrected chi connectivity index (χ2v) is 6.88. The number of rotatable bonds is 3. The van der Waals surface area contributed by atoms with Gasteiger partial charge in [0.15, 0.2) is 5.16 Å². The topological polar surface area (TPSA) is 61.2 Å². The van der Waals surface area contributed by atoms with Crippen molar-refractivity contribution >= 4 is 28.6 Å². The molecule has 1 fully saturated rings. The Kier molecular flexibility index (Phi) is 4.20. The molecule has 1 saturated heterocycles. The van der Waals surface area contributed by atoms with Gasteiger partial charge in [-0.1, -0.05) is 23.9 Å². The minimum absolute atomic E-state index is 0.122. The SMILES string of the molecule is O=C1OCC[C@H]1Sc1nc2ccccc2c(=O)n1-c1ccc(F)cc1F. The van der Waals surface area contributed by atoms with Crippen molar-refractivity contribution in [2.24, 2.45) is 0 Å². The molecule has 2 aromatic carbocycles. The number of nitrogens with zero attached hydrogens (tertiary/aromatic N) is 2. The largest absolute Gasteiger partial charge is 0.465 e. The highest BCUT2D eigenvalue weighted by molar-refractivity contribution is 8.00. The summed E-state index contributed by atoms with van der Waals surface area (Å²) in [6.07, 6.45) is 0.470. The van der Waals surface area contributed by atoms with Gasteiger partial charge in [-0.25, -0.2) is 13.8 Å². The molecule has 8 heteroatoms. The molecule has 1 aromatic heterocycles. The summed E-state index contributed by atoms with van der Waals surface area (Å²) < 4.78 is 33.7. The number of thioether (sulfide) groups is 1. The van der Waals surface area contributed by atoms with E-state index in [0.29, 0.717) is 30.0 Å². The first-order chi connectivity index (χ1) is 12.5. The lowest BCUT2D eigenvalue weighted by molar-refractivity contribution is -0.137. The molecule has 4 rings (SSSR count). The maximum absolute atomic E-state index is 14.4. The predicted molar refractivity (Wildman–Crippen MR) is 92.5 cm³/mol. The number of esters is 1. The number of carbonyl (C=O) groups is 1. The zero-order chi connectivity index (χ0) is 18.3. The molecule has 0 saturated carbocycles. The highest BCUT2D eigenvalue weighted by atomic mass is 32.2. The van der Waals surface area contributed by atoms with E-state index in [4.69, 9.17) is 4.74 Å². The van der Waals surface area contributed by atoms with Crippen LogP contribution in [0.4, 0.5) is 8.78 Å². The molecule has 26 heavy (non-hydrogen) atoms. The van der Waals surface area contributed by atoms with Gasteiger partial charge in [0.05, 0.1) is 23.2 Å². The van der Waals surface area contributed by atoms with Gasteiger partial charge in [-0.2, -0.15) is 0 Å². The summed E-state index contributed by atoms with van der Waals surface area (Å²) in [5, 5.41) is -0.0737. The van der Waals surface area contributed by atoms with Gasteiger partial charge in [-0.05, 0) is 24.3 Å². The van der Waals surface area contributed by atoms with Crippen LogP contribution in [0.1, 0.15) is 6.42 Å². The molecule has 0 spiro atoms. The summed E-state index contributed by atoms with van der Waals surface area (Å²) in [6, 6.07) is 9.61.